The van der Waals surface area contributed by atoms with Crippen LogP contribution in [0.2, 0.25) is 5.02 Å². The van der Waals surface area contributed by atoms with E-state index < -0.39 is 24.7 Å². The second-order valence-corrected chi connectivity index (χ2v) is 10.5. The van der Waals surface area contributed by atoms with E-state index in [0.717, 1.165) is 25.0 Å². The molecule has 4 saturated carbocycles. The summed E-state index contributed by atoms with van der Waals surface area (Å²) >= 11 is 5.98. The van der Waals surface area contributed by atoms with Crippen LogP contribution in [0.5, 0.6) is 5.75 Å². The van der Waals surface area contributed by atoms with E-state index in [1.807, 2.05) is 16.9 Å². The van der Waals surface area contributed by atoms with Crippen molar-refractivity contribution in [3.8, 4) is 5.75 Å². The van der Waals surface area contributed by atoms with Crippen LogP contribution in [0.1, 0.15) is 61.8 Å². The number of aliphatic hydroxyl groups excluding tert-OH is 1. The standard InChI is InChI=1S/C23H23ClF3N3O4/c24-13-1-2-18-15(7-13)17(31)8-19(33-18)20(32)28-21-9-22(10-21,11-21)30-4-3-16(29-30)12-5-14(6-12)34-23(25,26)27/h1-4,7,12,14,17,19,31H,5-6,8-11H2,(H,28,32)/t12?,14?,17-,19-,21?,22?/m1/s1. The lowest BCUT2D eigenvalue weighted by atomic mass is 9.44. The van der Waals surface area contributed by atoms with Crippen molar-refractivity contribution in [3.05, 3.63) is 46.7 Å². The van der Waals surface area contributed by atoms with Gasteiger partial charge in [-0.2, -0.15) is 5.10 Å². The zero-order chi connectivity index (χ0) is 23.9. The first-order chi connectivity index (χ1) is 16.0. The summed E-state index contributed by atoms with van der Waals surface area (Å²) in [5, 5.41) is 18.7. The number of amides is 1. The number of aliphatic hydroxyl groups is 1. The smallest absolute Gasteiger partial charge is 0.480 e. The summed E-state index contributed by atoms with van der Waals surface area (Å²) < 4.78 is 48.8. The third-order valence-corrected chi connectivity index (χ3v) is 7.86. The van der Waals surface area contributed by atoms with Crippen molar-refractivity contribution in [1.82, 2.24) is 15.1 Å². The van der Waals surface area contributed by atoms with Gasteiger partial charge in [0.05, 0.1) is 23.4 Å². The number of carbonyl (C=O) groups is 1. The van der Waals surface area contributed by atoms with Crippen LogP contribution in [0.15, 0.2) is 30.5 Å². The number of ether oxygens (including phenoxy) is 2. The summed E-state index contributed by atoms with van der Waals surface area (Å²) in [5.74, 6) is 0.182. The molecular formula is C23H23ClF3N3O4. The molecule has 2 N–H and O–H groups in total. The average Bonchev–Trinajstić information content (AvgIpc) is 3.14. The summed E-state index contributed by atoms with van der Waals surface area (Å²) in [6.07, 6.45) is -2.15. The molecule has 7 rings (SSSR count). The number of hydrogen-bond acceptors (Lipinski definition) is 5. The second-order valence-electron chi connectivity index (χ2n) is 10.1. The third kappa shape index (κ3) is 3.67. The van der Waals surface area contributed by atoms with Crippen molar-refractivity contribution >= 4 is 17.5 Å². The molecule has 1 aliphatic heterocycles. The highest BCUT2D eigenvalue weighted by Gasteiger charge is 2.70. The first kappa shape index (κ1) is 22.2. The molecule has 2 aromatic rings. The number of carbonyl (C=O) groups excluding carboxylic acids is 1. The van der Waals surface area contributed by atoms with Gasteiger partial charge >= 0.3 is 6.36 Å². The van der Waals surface area contributed by atoms with E-state index >= 15 is 0 Å². The van der Waals surface area contributed by atoms with Crippen LogP contribution in [0, 0.1) is 0 Å². The van der Waals surface area contributed by atoms with E-state index in [0.29, 0.717) is 29.2 Å². The van der Waals surface area contributed by atoms with Crippen LogP contribution in [0.4, 0.5) is 13.2 Å². The molecule has 2 bridgehead atoms. The molecule has 34 heavy (non-hydrogen) atoms. The molecule has 0 spiro atoms. The zero-order valence-corrected chi connectivity index (χ0v) is 18.8. The SMILES string of the molecule is O=C(NC12CC(n3ccc(C4CC(OC(F)(F)F)C4)n3)(C1)C2)[C@H]1C[C@@H](O)c2cc(Cl)ccc2O1. The van der Waals surface area contributed by atoms with Gasteiger partial charge in [-0.25, -0.2) is 0 Å². The highest BCUT2D eigenvalue weighted by atomic mass is 35.5. The van der Waals surface area contributed by atoms with Crippen LogP contribution >= 0.6 is 11.6 Å². The third-order valence-electron chi connectivity index (χ3n) is 7.63. The van der Waals surface area contributed by atoms with Gasteiger partial charge in [0.1, 0.15) is 5.75 Å². The van der Waals surface area contributed by atoms with Crippen molar-refractivity contribution in [2.24, 2.45) is 0 Å². The fraction of sp³-hybridized carbons (Fsp3) is 0.565. The first-order valence-electron chi connectivity index (χ1n) is 11.3. The number of alkyl halides is 3. The number of fused-ring (bicyclic) bond motifs is 1. The summed E-state index contributed by atoms with van der Waals surface area (Å²) in [5.41, 5.74) is 0.902. The van der Waals surface area contributed by atoms with Crippen LogP contribution in [0.3, 0.4) is 0 Å². The van der Waals surface area contributed by atoms with Gasteiger partial charge in [0.25, 0.3) is 5.91 Å². The predicted molar refractivity (Wildman–Crippen MR) is 113 cm³/mol. The molecule has 4 aliphatic carbocycles. The Hall–Kier alpha value is -2.30. The molecular weight excluding hydrogens is 475 g/mol. The highest BCUT2D eigenvalue weighted by molar-refractivity contribution is 6.30. The molecule has 2 atom stereocenters. The number of rotatable bonds is 5. The molecule has 1 aromatic carbocycles. The van der Waals surface area contributed by atoms with E-state index in [2.05, 4.69) is 15.2 Å². The molecule has 2 heterocycles. The van der Waals surface area contributed by atoms with Gasteiger partial charge in [-0.3, -0.25) is 14.2 Å². The minimum Gasteiger partial charge on any atom is -0.480 e. The molecule has 1 aromatic heterocycles. The van der Waals surface area contributed by atoms with Gasteiger partial charge < -0.3 is 15.2 Å². The Morgan fingerprint density at radius 2 is 1.97 bits per heavy atom. The predicted octanol–water partition coefficient (Wildman–Crippen LogP) is 3.95. The summed E-state index contributed by atoms with van der Waals surface area (Å²) in [6, 6.07) is 6.82. The minimum absolute atomic E-state index is 0.0257. The maximum atomic E-state index is 12.9. The minimum atomic E-state index is -4.60. The van der Waals surface area contributed by atoms with E-state index in [1.54, 1.807) is 18.2 Å². The molecule has 11 heteroatoms. The highest BCUT2D eigenvalue weighted by Crippen LogP contribution is 2.65. The maximum Gasteiger partial charge on any atom is 0.522 e. The van der Waals surface area contributed by atoms with E-state index in [4.69, 9.17) is 16.3 Å². The lowest BCUT2D eigenvalue weighted by molar-refractivity contribution is -0.351. The lowest BCUT2D eigenvalue weighted by Crippen LogP contribution is -2.79. The fourth-order valence-corrected chi connectivity index (χ4v) is 6.12. The molecule has 182 valence electrons. The number of nitrogens with one attached hydrogen (secondary N) is 1. The van der Waals surface area contributed by atoms with Crippen LogP contribution < -0.4 is 10.1 Å². The van der Waals surface area contributed by atoms with Crippen molar-refractivity contribution < 1.29 is 32.5 Å². The van der Waals surface area contributed by atoms with Crippen molar-refractivity contribution in [2.45, 2.75) is 80.2 Å². The molecule has 0 saturated heterocycles. The average molecular weight is 498 g/mol. The number of aromatic nitrogens is 2. The van der Waals surface area contributed by atoms with Crippen LogP contribution in [-0.2, 0) is 15.1 Å². The van der Waals surface area contributed by atoms with E-state index in [9.17, 15) is 23.1 Å². The van der Waals surface area contributed by atoms with Gasteiger partial charge in [0, 0.05) is 34.7 Å². The number of hydrogen-bond donors (Lipinski definition) is 2. The summed E-state index contributed by atoms with van der Waals surface area (Å²) in [4.78, 5) is 12.9. The summed E-state index contributed by atoms with van der Waals surface area (Å²) in [6.45, 7) is 0. The van der Waals surface area contributed by atoms with Gasteiger partial charge in [0.2, 0.25) is 0 Å². The summed E-state index contributed by atoms with van der Waals surface area (Å²) in [7, 11) is 0. The molecule has 0 radical (unpaired) electrons. The number of halogens is 4. The maximum absolute atomic E-state index is 12.9. The van der Waals surface area contributed by atoms with Gasteiger partial charge in [0.15, 0.2) is 6.10 Å². The number of nitrogens with zero attached hydrogens (tertiary/aromatic N) is 2. The van der Waals surface area contributed by atoms with E-state index in [1.165, 1.54) is 0 Å². The Kier molecular flexibility index (Phi) is 4.80. The van der Waals surface area contributed by atoms with Gasteiger partial charge in [-0.1, -0.05) is 11.6 Å². The molecule has 7 nitrogen and oxygen atoms in total. The molecule has 4 fully saturated rings. The largest absolute Gasteiger partial charge is 0.522 e. The Labute approximate surface area is 198 Å². The van der Waals surface area contributed by atoms with Crippen LogP contribution in [-0.4, -0.2) is 44.9 Å². The van der Waals surface area contributed by atoms with Gasteiger partial charge in [-0.15, -0.1) is 13.2 Å². The fourth-order valence-electron chi connectivity index (χ4n) is 5.94. The second kappa shape index (κ2) is 7.35. The Balaban J connectivity index is 1.03. The topological polar surface area (TPSA) is 85.6 Å². The quantitative estimate of drug-likeness (QED) is 0.653. The Morgan fingerprint density at radius 1 is 1.24 bits per heavy atom. The van der Waals surface area contributed by atoms with Crippen molar-refractivity contribution in [1.29, 1.82) is 0 Å². The number of benzene rings is 1. The Morgan fingerprint density at radius 3 is 2.68 bits per heavy atom. The molecule has 0 unspecified atom stereocenters. The van der Waals surface area contributed by atoms with Gasteiger partial charge in [-0.05, 0) is 56.4 Å². The lowest BCUT2D eigenvalue weighted by Gasteiger charge is -2.70. The van der Waals surface area contributed by atoms with Crippen LogP contribution in [0.25, 0.3) is 0 Å². The van der Waals surface area contributed by atoms with E-state index in [-0.39, 0.29) is 29.3 Å². The monoisotopic (exact) mass is 497 g/mol. The Bertz CT molecular complexity index is 1130. The van der Waals surface area contributed by atoms with Crippen molar-refractivity contribution in [3.63, 3.8) is 0 Å². The molecule has 1 amide bonds. The first-order valence-corrected chi connectivity index (χ1v) is 11.7. The zero-order valence-electron chi connectivity index (χ0n) is 18.0. The molecule has 5 aliphatic rings. The van der Waals surface area contributed by atoms with Crippen molar-refractivity contribution in [2.75, 3.05) is 0 Å². The normalized spacial score (nSPS) is 35.8.